The number of anilines is 1. The predicted molar refractivity (Wildman–Crippen MR) is 127 cm³/mol. The first-order chi connectivity index (χ1) is 15.1. The summed E-state index contributed by atoms with van der Waals surface area (Å²) in [4.78, 5) is 12.2. The predicted octanol–water partition coefficient (Wildman–Crippen LogP) is 5.30. The fourth-order valence-electron chi connectivity index (χ4n) is 2.90. The largest absolute Gasteiger partial charge is 0.384 e. The summed E-state index contributed by atoms with van der Waals surface area (Å²) in [5.74, 6) is -0.688. The van der Waals surface area contributed by atoms with Crippen LogP contribution >= 0.6 is 46.4 Å². The molecule has 3 aromatic carbocycles. The number of carbonyl (C=O) groups excluding carboxylic acids is 1. The third-order valence-electron chi connectivity index (χ3n) is 4.39. The maximum Gasteiger partial charge on any atom is 0.244 e. The van der Waals surface area contributed by atoms with Crippen molar-refractivity contribution in [1.82, 2.24) is 4.72 Å². The fraction of sp³-hybridized carbons (Fsp3) is 0.0952. The number of amides is 1. The van der Waals surface area contributed by atoms with Gasteiger partial charge in [-0.15, -0.1) is 0 Å². The van der Waals surface area contributed by atoms with Crippen molar-refractivity contribution < 1.29 is 18.3 Å². The molecule has 3 N–H and O–H groups in total. The monoisotopic (exact) mass is 532 g/mol. The van der Waals surface area contributed by atoms with E-state index in [-0.39, 0.29) is 26.2 Å². The third-order valence-corrected chi connectivity index (χ3v) is 7.33. The van der Waals surface area contributed by atoms with Crippen LogP contribution in [0.3, 0.4) is 0 Å². The van der Waals surface area contributed by atoms with Crippen molar-refractivity contribution in [3.63, 3.8) is 0 Å². The van der Waals surface area contributed by atoms with Gasteiger partial charge in [0.15, 0.2) is 0 Å². The lowest BCUT2D eigenvalue weighted by Gasteiger charge is -2.18. The van der Waals surface area contributed by atoms with Gasteiger partial charge in [0.2, 0.25) is 15.9 Å². The van der Waals surface area contributed by atoms with E-state index in [1.165, 1.54) is 36.4 Å². The number of hydrogen-bond acceptors (Lipinski definition) is 4. The zero-order chi connectivity index (χ0) is 23.5. The van der Waals surface area contributed by atoms with Gasteiger partial charge in [-0.2, -0.15) is 0 Å². The lowest BCUT2D eigenvalue weighted by Crippen LogP contribution is -2.33. The summed E-state index contributed by atoms with van der Waals surface area (Å²) in [7, 11) is -4.15. The normalized spacial score (nSPS) is 12.4. The van der Waals surface area contributed by atoms with Crippen molar-refractivity contribution in [2.45, 2.75) is 11.0 Å². The Morgan fingerprint density at radius 1 is 0.875 bits per heavy atom. The molecule has 0 aromatic heterocycles. The number of nitrogens with one attached hydrogen (secondary N) is 2. The Labute approximate surface area is 205 Å². The first-order valence-electron chi connectivity index (χ1n) is 9.05. The van der Waals surface area contributed by atoms with Crippen molar-refractivity contribution in [2.24, 2.45) is 0 Å². The summed E-state index contributed by atoms with van der Waals surface area (Å²) in [6.45, 7) is -0.603. The summed E-state index contributed by atoms with van der Waals surface area (Å²) >= 11 is 24.1. The molecule has 0 aliphatic heterocycles. The molecule has 6 nitrogen and oxygen atoms in total. The maximum atomic E-state index is 12.5. The van der Waals surface area contributed by atoms with Gasteiger partial charge < -0.3 is 10.4 Å². The molecule has 1 unspecified atom stereocenters. The van der Waals surface area contributed by atoms with E-state index >= 15 is 0 Å². The summed E-state index contributed by atoms with van der Waals surface area (Å²) < 4.78 is 27.2. The Hall–Kier alpha value is -1.84. The molecule has 3 aromatic rings. The number of halogens is 4. The van der Waals surface area contributed by atoms with Gasteiger partial charge in [-0.25, -0.2) is 13.1 Å². The highest BCUT2D eigenvalue weighted by atomic mass is 35.5. The van der Waals surface area contributed by atoms with Gasteiger partial charge in [0.25, 0.3) is 0 Å². The Balaban J connectivity index is 1.79. The number of sulfonamides is 1. The van der Waals surface area contributed by atoms with Gasteiger partial charge in [-0.3, -0.25) is 4.79 Å². The molecule has 168 valence electrons. The van der Waals surface area contributed by atoms with Crippen LogP contribution in [0.1, 0.15) is 17.2 Å². The van der Waals surface area contributed by atoms with Crippen LogP contribution in [0.25, 0.3) is 0 Å². The number of hydrogen-bond donors (Lipinski definition) is 3. The van der Waals surface area contributed by atoms with E-state index in [2.05, 4.69) is 10.0 Å². The molecule has 32 heavy (non-hydrogen) atoms. The first-order valence-corrected chi connectivity index (χ1v) is 12.0. The number of aliphatic hydroxyl groups is 1. The second kappa shape index (κ2) is 10.4. The molecular weight excluding hydrogens is 518 g/mol. The highest BCUT2D eigenvalue weighted by molar-refractivity contribution is 7.89. The summed E-state index contributed by atoms with van der Waals surface area (Å²) in [5, 5.41) is 13.9. The summed E-state index contributed by atoms with van der Waals surface area (Å²) in [6, 6.07) is 15.4. The zero-order valence-corrected chi connectivity index (χ0v) is 20.0. The number of carbonyl (C=O) groups is 1. The van der Waals surface area contributed by atoms with Crippen molar-refractivity contribution in [2.75, 3.05) is 11.9 Å². The minimum atomic E-state index is -4.15. The number of rotatable bonds is 7. The Bertz CT molecular complexity index is 1250. The molecule has 0 heterocycles. The lowest BCUT2D eigenvalue weighted by atomic mass is 9.99. The highest BCUT2D eigenvalue weighted by Gasteiger charge is 2.23. The van der Waals surface area contributed by atoms with Crippen molar-refractivity contribution in [3.8, 4) is 0 Å². The van der Waals surface area contributed by atoms with E-state index in [4.69, 9.17) is 46.4 Å². The average molecular weight is 534 g/mol. The van der Waals surface area contributed by atoms with Crippen LogP contribution in [-0.4, -0.2) is 26.0 Å². The van der Waals surface area contributed by atoms with Crippen LogP contribution in [0.2, 0.25) is 20.1 Å². The molecule has 11 heteroatoms. The third kappa shape index (κ3) is 5.74. The second-order valence-corrected chi connectivity index (χ2v) is 9.94. The van der Waals surface area contributed by atoms with Crippen molar-refractivity contribution in [1.29, 1.82) is 0 Å². The minimum Gasteiger partial charge on any atom is -0.384 e. The fourth-order valence-corrected chi connectivity index (χ4v) is 5.45. The minimum absolute atomic E-state index is 0.0757. The Kier molecular flexibility index (Phi) is 8.06. The van der Waals surface area contributed by atoms with Gasteiger partial charge >= 0.3 is 0 Å². The van der Waals surface area contributed by atoms with E-state index < -0.39 is 28.6 Å². The van der Waals surface area contributed by atoms with Crippen LogP contribution in [0, 0.1) is 0 Å². The second-order valence-electron chi connectivity index (χ2n) is 6.58. The van der Waals surface area contributed by atoms with E-state index in [9.17, 15) is 18.3 Å². The molecule has 0 saturated carbocycles. The van der Waals surface area contributed by atoms with Gasteiger partial charge in [-0.05, 0) is 36.4 Å². The number of aliphatic hydroxyl groups excluding tert-OH is 1. The van der Waals surface area contributed by atoms with Crippen molar-refractivity contribution >= 4 is 68.0 Å². The lowest BCUT2D eigenvalue weighted by molar-refractivity contribution is -0.115. The average Bonchev–Trinajstić information content (AvgIpc) is 2.73. The first kappa shape index (κ1) is 24.8. The molecule has 0 saturated heterocycles. The molecule has 1 atom stereocenters. The Morgan fingerprint density at radius 2 is 1.50 bits per heavy atom. The summed E-state index contributed by atoms with van der Waals surface area (Å²) in [6.07, 6.45) is -1.18. The van der Waals surface area contributed by atoms with Crippen LogP contribution in [-0.2, 0) is 14.8 Å². The molecule has 3 rings (SSSR count). The van der Waals surface area contributed by atoms with Crippen LogP contribution < -0.4 is 10.0 Å². The number of benzene rings is 3. The molecule has 0 aliphatic carbocycles. The van der Waals surface area contributed by atoms with Gasteiger partial charge in [0.05, 0.1) is 16.6 Å². The van der Waals surface area contributed by atoms with E-state index in [1.807, 2.05) is 0 Å². The topological polar surface area (TPSA) is 95.5 Å². The molecule has 0 aliphatic rings. The standard InChI is InChI=1S/C21H16Cl4N2O4S/c22-12-8-9-18(14(10-12)20(29)13-4-1-2-5-15(13)23)27-19(28)11-26-32(30,31)21-16(24)6-3-7-17(21)25/h1-10,20,26,29H,11H2,(H,27,28). The Morgan fingerprint density at radius 3 is 2.16 bits per heavy atom. The quantitative estimate of drug-likeness (QED) is 0.384. The van der Waals surface area contributed by atoms with E-state index in [0.717, 1.165) is 0 Å². The zero-order valence-electron chi connectivity index (χ0n) is 16.2. The van der Waals surface area contributed by atoms with Crippen LogP contribution in [0.5, 0.6) is 0 Å². The highest BCUT2D eigenvalue weighted by Crippen LogP contribution is 2.34. The van der Waals surface area contributed by atoms with Crippen LogP contribution in [0.4, 0.5) is 5.69 Å². The molecule has 1 amide bonds. The smallest absolute Gasteiger partial charge is 0.244 e. The van der Waals surface area contributed by atoms with E-state index in [0.29, 0.717) is 15.6 Å². The van der Waals surface area contributed by atoms with Gasteiger partial charge in [0, 0.05) is 26.9 Å². The molecule has 0 spiro atoms. The maximum absolute atomic E-state index is 12.5. The molecule has 0 radical (unpaired) electrons. The molecular formula is C21H16Cl4N2O4S. The van der Waals surface area contributed by atoms with Gasteiger partial charge in [-0.1, -0.05) is 70.7 Å². The van der Waals surface area contributed by atoms with Crippen molar-refractivity contribution in [3.05, 3.63) is 91.9 Å². The summed E-state index contributed by atoms with van der Waals surface area (Å²) in [5.41, 5.74) is 0.943. The van der Waals surface area contributed by atoms with Crippen LogP contribution in [0.15, 0.2) is 65.6 Å². The SMILES string of the molecule is O=C(CNS(=O)(=O)c1c(Cl)cccc1Cl)Nc1ccc(Cl)cc1C(O)c1ccccc1Cl. The molecule has 0 bridgehead atoms. The molecule has 0 fully saturated rings. The van der Waals surface area contributed by atoms with Gasteiger partial charge in [0.1, 0.15) is 11.0 Å². The van der Waals surface area contributed by atoms with E-state index in [1.54, 1.807) is 24.3 Å².